The molecule has 0 amide bonds. The fraction of sp³-hybridized carbons (Fsp3) is 0.545. The van der Waals surface area contributed by atoms with Gasteiger partial charge in [0.2, 0.25) is 0 Å². The minimum Gasteiger partial charge on any atom is -0.313 e. The van der Waals surface area contributed by atoms with E-state index in [1.54, 1.807) is 12.4 Å². The molecule has 1 unspecified atom stereocenters. The minimum atomic E-state index is 0.352. The van der Waals surface area contributed by atoms with E-state index in [-0.39, 0.29) is 0 Å². The standard InChI is InChI=1S/C11H17ClN2/c1-3-4-5-11(13-2)9-6-7-14-8-10(9)12/h6-8,11,13H,3-5H2,1-2H3. The van der Waals surface area contributed by atoms with E-state index >= 15 is 0 Å². The molecule has 0 bridgehead atoms. The van der Waals surface area contributed by atoms with Gasteiger partial charge in [-0.2, -0.15) is 0 Å². The van der Waals surface area contributed by atoms with Crippen molar-refractivity contribution in [2.45, 2.75) is 32.2 Å². The maximum atomic E-state index is 6.07. The van der Waals surface area contributed by atoms with Crippen LogP contribution in [0.3, 0.4) is 0 Å². The largest absolute Gasteiger partial charge is 0.313 e. The van der Waals surface area contributed by atoms with Gasteiger partial charge >= 0.3 is 0 Å². The molecule has 1 heterocycles. The summed E-state index contributed by atoms with van der Waals surface area (Å²) in [5, 5.41) is 4.03. The number of pyridine rings is 1. The van der Waals surface area contributed by atoms with Gasteiger partial charge in [-0.25, -0.2) is 0 Å². The van der Waals surface area contributed by atoms with E-state index in [9.17, 15) is 0 Å². The van der Waals surface area contributed by atoms with E-state index in [1.807, 2.05) is 13.1 Å². The molecule has 2 nitrogen and oxygen atoms in total. The van der Waals surface area contributed by atoms with Crippen molar-refractivity contribution in [3.63, 3.8) is 0 Å². The van der Waals surface area contributed by atoms with Crippen molar-refractivity contribution in [2.24, 2.45) is 0 Å². The number of hydrogen-bond donors (Lipinski definition) is 1. The monoisotopic (exact) mass is 212 g/mol. The number of rotatable bonds is 5. The van der Waals surface area contributed by atoms with Crippen LogP contribution < -0.4 is 5.32 Å². The number of hydrogen-bond acceptors (Lipinski definition) is 2. The first kappa shape index (κ1) is 11.5. The topological polar surface area (TPSA) is 24.9 Å². The van der Waals surface area contributed by atoms with Crippen molar-refractivity contribution in [1.29, 1.82) is 0 Å². The molecular formula is C11H17ClN2. The van der Waals surface area contributed by atoms with Crippen LogP contribution in [-0.4, -0.2) is 12.0 Å². The van der Waals surface area contributed by atoms with Gasteiger partial charge in [0.1, 0.15) is 0 Å². The van der Waals surface area contributed by atoms with Gasteiger partial charge in [0, 0.05) is 18.4 Å². The number of aromatic nitrogens is 1. The van der Waals surface area contributed by atoms with Crippen LogP contribution in [0.25, 0.3) is 0 Å². The molecule has 78 valence electrons. The van der Waals surface area contributed by atoms with Crippen molar-refractivity contribution in [3.05, 3.63) is 29.0 Å². The fourth-order valence-electron chi connectivity index (χ4n) is 1.53. The molecule has 1 aromatic heterocycles. The maximum Gasteiger partial charge on any atom is 0.0637 e. The Hall–Kier alpha value is -0.600. The van der Waals surface area contributed by atoms with Gasteiger partial charge in [-0.3, -0.25) is 4.98 Å². The van der Waals surface area contributed by atoms with Crippen LogP contribution in [-0.2, 0) is 0 Å². The molecule has 0 saturated heterocycles. The van der Waals surface area contributed by atoms with Crippen LogP contribution in [0.5, 0.6) is 0 Å². The lowest BCUT2D eigenvalue weighted by Gasteiger charge is -2.17. The zero-order chi connectivity index (χ0) is 10.4. The molecule has 1 N–H and O–H groups in total. The Morgan fingerprint density at radius 2 is 2.36 bits per heavy atom. The van der Waals surface area contributed by atoms with Crippen molar-refractivity contribution in [1.82, 2.24) is 10.3 Å². The van der Waals surface area contributed by atoms with Gasteiger partial charge in [0.05, 0.1) is 5.02 Å². The molecule has 1 atom stereocenters. The van der Waals surface area contributed by atoms with E-state index < -0.39 is 0 Å². The smallest absolute Gasteiger partial charge is 0.0637 e. The Morgan fingerprint density at radius 3 is 2.93 bits per heavy atom. The molecule has 0 spiro atoms. The molecule has 1 rings (SSSR count). The Bertz CT molecular complexity index is 276. The lowest BCUT2D eigenvalue weighted by molar-refractivity contribution is 0.522. The number of nitrogens with one attached hydrogen (secondary N) is 1. The molecular weight excluding hydrogens is 196 g/mol. The normalized spacial score (nSPS) is 12.8. The number of nitrogens with zero attached hydrogens (tertiary/aromatic N) is 1. The maximum absolute atomic E-state index is 6.07. The fourth-order valence-corrected chi connectivity index (χ4v) is 1.78. The summed E-state index contributed by atoms with van der Waals surface area (Å²) in [6.45, 7) is 2.20. The van der Waals surface area contributed by atoms with Crippen molar-refractivity contribution < 1.29 is 0 Å². The van der Waals surface area contributed by atoms with E-state index in [0.717, 1.165) is 17.0 Å². The van der Waals surface area contributed by atoms with Crippen LogP contribution in [0, 0.1) is 0 Å². The van der Waals surface area contributed by atoms with Crippen LogP contribution in [0.15, 0.2) is 18.5 Å². The Labute approximate surface area is 90.7 Å². The lowest BCUT2D eigenvalue weighted by Crippen LogP contribution is -2.16. The molecule has 14 heavy (non-hydrogen) atoms. The summed E-state index contributed by atoms with van der Waals surface area (Å²) in [6, 6.07) is 2.34. The quantitative estimate of drug-likeness (QED) is 0.811. The van der Waals surface area contributed by atoms with Crippen molar-refractivity contribution in [3.8, 4) is 0 Å². The van der Waals surface area contributed by atoms with Crippen molar-refractivity contribution in [2.75, 3.05) is 7.05 Å². The third-order valence-corrected chi connectivity index (χ3v) is 2.69. The van der Waals surface area contributed by atoms with Gasteiger partial charge in [0.25, 0.3) is 0 Å². The summed E-state index contributed by atoms with van der Waals surface area (Å²) in [5.41, 5.74) is 1.15. The zero-order valence-corrected chi connectivity index (χ0v) is 9.51. The molecule has 0 aliphatic heterocycles. The van der Waals surface area contributed by atoms with Gasteiger partial charge in [0.15, 0.2) is 0 Å². The van der Waals surface area contributed by atoms with Gasteiger partial charge in [-0.05, 0) is 25.1 Å². The third kappa shape index (κ3) is 2.96. The molecule has 0 fully saturated rings. The van der Waals surface area contributed by atoms with E-state index in [2.05, 4.69) is 17.2 Å². The molecule has 1 aromatic rings. The Kier molecular flexibility index (Phi) is 4.91. The molecule has 0 aliphatic carbocycles. The second-order valence-electron chi connectivity index (χ2n) is 3.38. The second-order valence-corrected chi connectivity index (χ2v) is 3.79. The molecule has 0 saturated carbocycles. The van der Waals surface area contributed by atoms with E-state index in [0.29, 0.717) is 6.04 Å². The zero-order valence-electron chi connectivity index (χ0n) is 8.76. The summed E-state index contributed by atoms with van der Waals surface area (Å²) in [5.74, 6) is 0. The van der Waals surface area contributed by atoms with Gasteiger partial charge < -0.3 is 5.32 Å². The van der Waals surface area contributed by atoms with E-state index in [1.165, 1.54) is 12.8 Å². The van der Waals surface area contributed by atoms with Crippen LogP contribution >= 0.6 is 11.6 Å². The van der Waals surface area contributed by atoms with Crippen LogP contribution in [0.2, 0.25) is 5.02 Å². The average molecular weight is 213 g/mol. The summed E-state index contributed by atoms with van der Waals surface area (Å²) in [7, 11) is 1.97. The third-order valence-electron chi connectivity index (χ3n) is 2.37. The second kappa shape index (κ2) is 5.99. The molecule has 0 radical (unpaired) electrons. The SMILES string of the molecule is CCCCC(NC)c1ccncc1Cl. The highest BCUT2D eigenvalue weighted by molar-refractivity contribution is 6.31. The van der Waals surface area contributed by atoms with Crippen molar-refractivity contribution >= 4 is 11.6 Å². The van der Waals surface area contributed by atoms with Crippen LogP contribution in [0.4, 0.5) is 0 Å². The summed E-state index contributed by atoms with van der Waals surface area (Å²) in [4.78, 5) is 3.98. The average Bonchev–Trinajstić information content (AvgIpc) is 2.21. The Balaban J connectivity index is 2.73. The highest BCUT2D eigenvalue weighted by Gasteiger charge is 2.11. The first-order valence-electron chi connectivity index (χ1n) is 5.06. The van der Waals surface area contributed by atoms with Gasteiger partial charge in [-0.15, -0.1) is 0 Å². The van der Waals surface area contributed by atoms with Crippen LogP contribution in [0.1, 0.15) is 37.8 Å². The summed E-state index contributed by atoms with van der Waals surface area (Å²) in [6.07, 6.45) is 7.03. The minimum absolute atomic E-state index is 0.352. The first-order chi connectivity index (χ1) is 6.79. The summed E-state index contributed by atoms with van der Waals surface area (Å²) < 4.78 is 0. The number of unbranched alkanes of at least 4 members (excludes halogenated alkanes) is 1. The summed E-state index contributed by atoms with van der Waals surface area (Å²) >= 11 is 6.07. The predicted octanol–water partition coefficient (Wildman–Crippen LogP) is 3.19. The molecule has 0 aromatic carbocycles. The molecule has 0 aliphatic rings. The first-order valence-corrected chi connectivity index (χ1v) is 5.44. The highest BCUT2D eigenvalue weighted by Crippen LogP contribution is 2.25. The van der Waals surface area contributed by atoms with E-state index in [4.69, 9.17) is 11.6 Å². The van der Waals surface area contributed by atoms with Gasteiger partial charge in [-0.1, -0.05) is 31.4 Å². The highest BCUT2D eigenvalue weighted by atomic mass is 35.5. The molecule has 3 heteroatoms. The predicted molar refractivity (Wildman–Crippen MR) is 60.6 cm³/mol. The lowest BCUT2D eigenvalue weighted by atomic mass is 10.0. The number of halogens is 1. The Morgan fingerprint density at radius 1 is 1.57 bits per heavy atom.